The minimum absolute atomic E-state index is 0. The van der Waals surface area contributed by atoms with Crippen LogP contribution in [0.1, 0.15) is 10.4 Å². The largest absolute Gasteiger partial charge is 1.00 e. The van der Waals surface area contributed by atoms with E-state index in [9.17, 15) is 4.79 Å². The van der Waals surface area contributed by atoms with E-state index in [1.54, 1.807) is 30.3 Å². The van der Waals surface area contributed by atoms with Crippen LogP contribution in [0.3, 0.4) is 0 Å². The zero-order valence-electron chi connectivity index (χ0n) is 7.97. The van der Waals surface area contributed by atoms with Crippen molar-refractivity contribution in [3.8, 4) is 0 Å². The van der Waals surface area contributed by atoms with Gasteiger partial charge in [0.25, 0.3) is 0 Å². The summed E-state index contributed by atoms with van der Waals surface area (Å²) in [6.07, 6.45) is 1.08. The van der Waals surface area contributed by atoms with E-state index >= 15 is 0 Å². The molecule has 0 spiro atoms. The Bertz CT molecular complexity index is 285. The van der Waals surface area contributed by atoms with Gasteiger partial charge in [-0.1, -0.05) is 29.3 Å². The third-order valence-corrected chi connectivity index (χ3v) is 1.02. The first-order chi connectivity index (χ1) is 6.04. The van der Waals surface area contributed by atoms with Gasteiger partial charge >= 0.3 is 35.5 Å². The van der Waals surface area contributed by atoms with Crippen molar-refractivity contribution < 1.29 is 48.2 Å². The van der Waals surface area contributed by atoms with Gasteiger partial charge in [-0.25, -0.2) is 4.79 Å². The van der Waals surface area contributed by atoms with Gasteiger partial charge in [0, 0.05) is 0 Å². The molecule has 0 heterocycles. The first kappa shape index (κ1) is 16.2. The number of hydrogen-bond donors (Lipinski definition) is 1. The van der Waals surface area contributed by atoms with Gasteiger partial charge in [-0.05, 0) is 18.4 Å². The Morgan fingerprint density at radius 3 is 1.93 bits per heavy atom. The molecule has 4 nitrogen and oxygen atoms in total. The minimum atomic E-state index is -1.86. The molecule has 0 amide bonds. The molecule has 1 unspecified atom stereocenters. The topological polar surface area (TPSA) is 77.4 Å². The molecule has 72 valence electrons. The van der Waals surface area contributed by atoms with E-state index in [0.717, 1.165) is 6.26 Å². The summed E-state index contributed by atoms with van der Waals surface area (Å²) in [6.45, 7) is 0. The minimum Gasteiger partial charge on any atom is -0.773 e. The van der Waals surface area contributed by atoms with Crippen molar-refractivity contribution in [2.45, 2.75) is 0 Å². The first-order valence-electron chi connectivity index (χ1n) is 3.33. The molecule has 0 fully saturated rings. The van der Waals surface area contributed by atoms with Crippen molar-refractivity contribution >= 4 is 17.0 Å². The van der Waals surface area contributed by atoms with Crippen LogP contribution in [0.4, 0.5) is 0 Å². The molecule has 0 aliphatic carbocycles. The maximum absolute atomic E-state index is 10.2. The predicted molar refractivity (Wildman–Crippen MR) is 48.2 cm³/mol. The Balaban J connectivity index is 0. The molecule has 0 bridgehead atoms. The Morgan fingerprint density at radius 2 is 1.71 bits per heavy atom. The number of hydrogen-bond acceptors (Lipinski definition) is 3. The second kappa shape index (κ2) is 9.36. The Morgan fingerprint density at radius 1 is 1.36 bits per heavy atom. The van der Waals surface area contributed by atoms with Crippen molar-refractivity contribution in [2.24, 2.45) is 0 Å². The number of benzene rings is 1. The summed E-state index contributed by atoms with van der Waals surface area (Å²) >= 11 is -1.86. The van der Waals surface area contributed by atoms with Crippen LogP contribution in [0.25, 0.3) is 0 Å². The molecular formula is C8H9NaO4S. The van der Waals surface area contributed by atoms with Gasteiger partial charge in [0.05, 0.1) is 5.56 Å². The normalized spacial score (nSPS) is 10.1. The van der Waals surface area contributed by atoms with Crippen LogP contribution in [0, 0.1) is 0 Å². The van der Waals surface area contributed by atoms with Crippen molar-refractivity contribution in [3.05, 3.63) is 35.9 Å². The average molecular weight is 224 g/mol. The van der Waals surface area contributed by atoms with Crippen molar-refractivity contribution in [3.63, 3.8) is 0 Å². The summed E-state index contributed by atoms with van der Waals surface area (Å²) in [5, 5.41) is 8.38. The number of carboxylic acid groups (broad SMARTS) is 1. The number of carboxylic acids is 1. The summed E-state index contributed by atoms with van der Waals surface area (Å²) in [6, 6.07) is 8.30. The van der Waals surface area contributed by atoms with E-state index in [-0.39, 0.29) is 29.6 Å². The monoisotopic (exact) mass is 224 g/mol. The van der Waals surface area contributed by atoms with E-state index in [2.05, 4.69) is 0 Å². The van der Waals surface area contributed by atoms with Gasteiger partial charge < -0.3 is 9.66 Å². The van der Waals surface area contributed by atoms with E-state index in [4.69, 9.17) is 13.9 Å². The van der Waals surface area contributed by atoms with Gasteiger partial charge in [-0.2, -0.15) is 0 Å². The van der Waals surface area contributed by atoms with E-state index in [0.29, 0.717) is 5.56 Å². The molecule has 0 aliphatic rings. The average Bonchev–Trinajstić information content (AvgIpc) is 2.05. The Kier molecular flexibility index (Phi) is 10.9. The molecule has 6 heteroatoms. The van der Waals surface area contributed by atoms with Crippen LogP contribution in [0.15, 0.2) is 30.3 Å². The van der Waals surface area contributed by atoms with Gasteiger partial charge in [0.1, 0.15) is 0 Å². The molecular weight excluding hydrogens is 215 g/mol. The zero-order valence-corrected chi connectivity index (χ0v) is 10.8. The van der Waals surface area contributed by atoms with Crippen molar-refractivity contribution in [1.29, 1.82) is 0 Å². The van der Waals surface area contributed by atoms with Crippen LogP contribution in [0.5, 0.6) is 0 Å². The molecule has 1 aromatic carbocycles. The van der Waals surface area contributed by atoms with Crippen LogP contribution >= 0.6 is 0 Å². The Labute approximate surface area is 107 Å². The van der Waals surface area contributed by atoms with Crippen molar-refractivity contribution in [2.75, 3.05) is 6.26 Å². The number of rotatable bonds is 1. The van der Waals surface area contributed by atoms with Crippen LogP contribution in [0.2, 0.25) is 0 Å². The summed E-state index contributed by atoms with van der Waals surface area (Å²) < 4.78 is 18.0. The maximum atomic E-state index is 10.2. The van der Waals surface area contributed by atoms with Crippen LogP contribution < -0.4 is 29.6 Å². The van der Waals surface area contributed by atoms with Crippen molar-refractivity contribution in [1.82, 2.24) is 0 Å². The van der Waals surface area contributed by atoms with Gasteiger partial charge in [0.15, 0.2) is 0 Å². The quantitative estimate of drug-likeness (QED) is 0.437. The summed E-state index contributed by atoms with van der Waals surface area (Å²) in [5.41, 5.74) is 0.331. The molecule has 0 aliphatic heterocycles. The molecule has 0 saturated heterocycles. The molecule has 0 aromatic heterocycles. The molecule has 14 heavy (non-hydrogen) atoms. The molecule has 0 radical (unpaired) electrons. The first-order valence-corrected chi connectivity index (χ1v) is 4.81. The molecule has 1 N–H and O–H groups in total. The molecule has 1 rings (SSSR count). The van der Waals surface area contributed by atoms with E-state index in [1.165, 1.54) is 0 Å². The second-order valence-corrected chi connectivity index (χ2v) is 2.88. The fourth-order valence-electron chi connectivity index (χ4n) is 0.581. The fraction of sp³-hybridized carbons (Fsp3) is 0.125. The third-order valence-electron chi connectivity index (χ3n) is 1.02. The molecule has 1 aromatic rings. The second-order valence-electron chi connectivity index (χ2n) is 2.07. The third kappa shape index (κ3) is 9.88. The van der Waals surface area contributed by atoms with Crippen LogP contribution in [-0.2, 0) is 11.1 Å². The van der Waals surface area contributed by atoms with Gasteiger partial charge in [-0.15, -0.1) is 0 Å². The maximum Gasteiger partial charge on any atom is 1.00 e. The number of carbonyl (C=O) groups is 1. The smallest absolute Gasteiger partial charge is 0.773 e. The summed E-state index contributed by atoms with van der Waals surface area (Å²) in [5.74, 6) is -0.879. The predicted octanol–water partition coefficient (Wildman–Crippen LogP) is -2.12. The van der Waals surface area contributed by atoms with Gasteiger partial charge in [-0.3, -0.25) is 4.21 Å². The summed E-state index contributed by atoms with van der Waals surface area (Å²) in [7, 11) is 0. The molecule has 0 saturated carbocycles. The summed E-state index contributed by atoms with van der Waals surface area (Å²) in [4.78, 5) is 10.2. The van der Waals surface area contributed by atoms with E-state index in [1.807, 2.05) is 0 Å². The van der Waals surface area contributed by atoms with E-state index < -0.39 is 17.0 Å². The Hall–Kier alpha value is -0.200. The standard InChI is InChI=1S/C7H6O2.CH4O2S.Na/c8-7(9)6-4-2-1-3-5-6;1-4(2)3;/h1-5H,(H,8,9);1H3,(H,2,3);/q;;+1/p-1. The zero-order chi connectivity index (χ0) is 10.3. The SMILES string of the molecule is CS(=O)[O-].O=C(O)c1ccccc1.[Na+]. The molecule has 1 atom stereocenters. The number of aromatic carboxylic acids is 1. The van der Waals surface area contributed by atoms with Gasteiger partial charge in [0.2, 0.25) is 0 Å². The fourth-order valence-corrected chi connectivity index (χ4v) is 0.581. The van der Waals surface area contributed by atoms with Crippen LogP contribution in [-0.4, -0.2) is 26.1 Å².